The van der Waals surface area contributed by atoms with Crippen molar-refractivity contribution in [1.82, 2.24) is 0 Å². The van der Waals surface area contributed by atoms with Gasteiger partial charge in [-0.05, 0) is 100 Å². The first kappa shape index (κ1) is 20.6. The second kappa shape index (κ2) is 7.87. The van der Waals surface area contributed by atoms with Crippen molar-refractivity contribution in [3.05, 3.63) is 11.6 Å². The molecule has 158 valence electrons. The Labute approximate surface area is 171 Å². The monoisotopic (exact) mass is 388 g/mol. The number of Topliss-reactive ketones (excluding diaryl/α,β-unsaturated/α-hetero) is 1. The van der Waals surface area contributed by atoms with Crippen molar-refractivity contribution in [2.75, 3.05) is 13.7 Å². The molecule has 3 saturated carbocycles. The van der Waals surface area contributed by atoms with Gasteiger partial charge < -0.3 is 14.6 Å². The molecule has 3 fully saturated rings. The first-order chi connectivity index (χ1) is 13.4. The molecule has 0 saturated heterocycles. The number of ether oxygens (including phenoxy) is 1. The van der Waals surface area contributed by atoms with Crippen molar-refractivity contribution in [1.29, 1.82) is 0 Å². The van der Waals surface area contributed by atoms with Gasteiger partial charge >= 0.3 is 0 Å². The van der Waals surface area contributed by atoms with Gasteiger partial charge in [0.05, 0.1) is 12.7 Å². The van der Waals surface area contributed by atoms with Gasteiger partial charge in [-0.1, -0.05) is 18.6 Å². The van der Waals surface area contributed by atoms with Crippen LogP contribution in [0.15, 0.2) is 11.6 Å². The van der Waals surface area contributed by atoms with Gasteiger partial charge in [0, 0.05) is 18.9 Å². The second-order valence-corrected chi connectivity index (χ2v) is 10.7. The number of rotatable bonds is 6. The van der Waals surface area contributed by atoms with Crippen LogP contribution in [-0.2, 0) is 9.53 Å². The Hall–Kier alpha value is -0.670. The SMILES string of the molecule is COCC12CCC(O)CC1=CCC1C2CCC2(C)C(CCCC(C)=O)CCC12. The first-order valence-electron chi connectivity index (χ1n) is 11.8. The minimum atomic E-state index is -0.154. The topological polar surface area (TPSA) is 46.5 Å². The number of carbonyl (C=O) groups excluding carboxylic acids is 1. The molecule has 0 amide bonds. The number of carbonyl (C=O) groups is 1. The van der Waals surface area contributed by atoms with Crippen LogP contribution in [0.2, 0.25) is 0 Å². The third-order valence-electron chi connectivity index (χ3n) is 9.48. The van der Waals surface area contributed by atoms with Crippen LogP contribution < -0.4 is 0 Å². The van der Waals surface area contributed by atoms with Crippen LogP contribution in [0.1, 0.15) is 84.5 Å². The summed E-state index contributed by atoms with van der Waals surface area (Å²) in [7, 11) is 1.86. The van der Waals surface area contributed by atoms with E-state index in [0.29, 0.717) is 11.2 Å². The van der Waals surface area contributed by atoms with E-state index in [-0.39, 0.29) is 11.5 Å². The van der Waals surface area contributed by atoms with Gasteiger partial charge in [-0.3, -0.25) is 0 Å². The maximum Gasteiger partial charge on any atom is 0.129 e. The van der Waals surface area contributed by atoms with Crippen molar-refractivity contribution < 1.29 is 14.6 Å². The maximum absolute atomic E-state index is 11.4. The number of hydrogen-bond acceptors (Lipinski definition) is 3. The number of aliphatic hydroxyl groups is 1. The zero-order valence-electron chi connectivity index (χ0n) is 18.2. The molecule has 0 bridgehead atoms. The summed E-state index contributed by atoms with van der Waals surface area (Å²) in [5, 5.41) is 10.3. The molecule has 3 heteroatoms. The van der Waals surface area contributed by atoms with E-state index in [4.69, 9.17) is 4.74 Å². The average molecular weight is 389 g/mol. The fourth-order valence-electron chi connectivity index (χ4n) is 8.14. The summed E-state index contributed by atoms with van der Waals surface area (Å²) in [4.78, 5) is 11.4. The molecular weight excluding hydrogens is 348 g/mol. The van der Waals surface area contributed by atoms with E-state index < -0.39 is 0 Å². The average Bonchev–Trinajstić information content (AvgIpc) is 2.99. The quantitative estimate of drug-likeness (QED) is 0.627. The summed E-state index contributed by atoms with van der Waals surface area (Å²) in [6, 6.07) is 0. The van der Waals surface area contributed by atoms with Gasteiger partial charge in [0.2, 0.25) is 0 Å². The molecule has 4 aliphatic carbocycles. The zero-order valence-corrected chi connectivity index (χ0v) is 18.2. The minimum absolute atomic E-state index is 0.154. The van der Waals surface area contributed by atoms with E-state index in [1.165, 1.54) is 44.1 Å². The Morgan fingerprint density at radius 3 is 2.79 bits per heavy atom. The number of fused-ring (bicyclic) bond motifs is 5. The maximum atomic E-state index is 11.4. The minimum Gasteiger partial charge on any atom is -0.393 e. The number of methoxy groups -OCH3 is 1. The Bertz CT molecular complexity index is 625. The summed E-state index contributed by atoms with van der Waals surface area (Å²) in [6.07, 6.45) is 14.9. The molecular formula is C25H40O3. The van der Waals surface area contributed by atoms with E-state index >= 15 is 0 Å². The van der Waals surface area contributed by atoms with Gasteiger partial charge in [-0.2, -0.15) is 0 Å². The van der Waals surface area contributed by atoms with Crippen LogP contribution in [-0.4, -0.2) is 30.7 Å². The van der Waals surface area contributed by atoms with Crippen LogP contribution in [0.4, 0.5) is 0 Å². The Morgan fingerprint density at radius 2 is 2.04 bits per heavy atom. The molecule has 4 rings (SSSR count). The van der Waals surface area contributed by atoms with Gasteiger partial charge in [-0.15, -0.1) is 0 Å². The first-order valence-corrected chi connectivity index (χ1v) is 11.8. The highest BCUT2D eigenvalue weighted by molar-refractivity contribution is 5.75. The normalized spacial score (nSPS) is 45.0. The summed E-state index contributed by atoms with van der Waals surface area (Å²) < 4.78 is 5.80. The molecule has 0 spiro atoms. The fraction of sp³-hybridized carbons (Fsp3) is 0.880. The lowest BCUT2D eigenvalue weighted by Crippen LogP contribution is -2.53. The smallest absolute Gasteiger partial charge is 0.129 e. The Balaban J connectivity index is 1.55. The largest absolute Gasteiger partial charge is 0.393 e. The van der Waals surface area contributed by atoms with Gasteiger partial charge in [0.1, 0.15) is 5.78 Å². The summed E-state index contributed by atoms with van der Waals surface area (Å²) >= 11 is 0. The van der Waals surface area contributed by atoms with Crippen molar-refractivity contribution in [3.8, 4) is 0 Å². The molecule has 0 heterocycles. The number of ketones is 1. The van der Waals surface area contributed by atoms with Crippen molar-refractivity contribution in [3.63, 3.8) is 0 Å². The molecule has 0 aromatic carbocycles. The van der Waals surface area contributed by atoms with Gasteiger partial charge in [0.25, 0.3) is 0 Å². The summed E-state index contributed by atoms with van der Waals surface area (Å²) in [5.74, 6) is 3.48. The van der Waals surface area contributed by atoms with Crippen molar-refractivity contribution >= 4 is 5.78 Å². The lowest BCUT2D eigenvalue weighted by molar-refractivity contribution is -0.117. The third kappa shape index (κ3) is 3.31. The molecule has 7 unspecified atom stereocenters. The molecule has 0 aliphatic heterocycles. The van der Waals surface area contributed by atoms with E-state index in [2.05, 4.69) is 13.0 Å². The van der Waals surface area contributed by atoms with E-state index in [1.54, 1.807) is 6.92 Å². The van der Waals surface area contributed by atoms with Crippen LogP contribution in [0, 0.1) is 34.5 Å². The molecule has 3 nitrogen and oxygen atoms in total. The third-order valence-corrected chi connectivity index (χ3v) is 9.48. The van der Waals surface area contributed by atoms with E-state index in [1.807, 2.05) is 7.11 Å². The van der Waals surface area contributed by atoms with E-state index in [9.17, 15) is 9.90 Å². The fourth-order valence-corrected chi connectivity index (χ4v) is 8.14. The van der Waals surface area contributed by atoms with Crippen molar-refractivity contribution in [2.45, 2.75) is 90.6 Å². The Morgan fingerprint density at radius 1 is 1.21 bits per heavy atom. The van der Waals surface area contributed by atoms with Crippen LogP contribution >= 0.6 is 0 Å². The van der Waals surface area contributed by atoms with Gasteiger partial charge in [-0.25, -0.2) is 0 Å². The zero-order chi connectivity index (χ0) is 19.9. The highest BCUT2D eigenvalue weighted by Gasteiger charge is 2.59. The Kier molecular flexibility index (Phi) is 5.79. The molecule has 4 aliphatic rings. The van der Waals surface area contributed by atoms with Crippen molar-refractivity contribution in [2.24, 2.45) is 34.5 Å². The molecule has 0 radical (unpaired) electrons. The van der Waals surface area contributed by atoms with Crippen LogP contribution in [0.5, 0.6) is 0 Å². The van der Waals surface area contributed by atoms with Crippen LogP contribution in [0.3, 0.4) is 0 Å². The van der Waals surface area contributed by atoms with Crippen LogP contribution in [0.25, 0.3) is 0 Å². The second-order valence-electron chi connectivity index (χ2n) is 10.7. The predicted octanol–water partition coefficient (Wildman–Crippen LogP) is 5.31. The summed E-state index contributed by atoms with van der Waals surface area (Å²) in [6.45, 7) is 5.14. The molecule has 28 heavy (non-hydrogen) atoms. The number of hydrogen-bond donors (Lipinski definition) is 1. The van der Waals surface area contributed by atoms with E-state index in [0.717, 1.165) is 62.4 Å². The lowest BCUT2D eigenvalue weighted by Gasteiger charge is -2.59. The van der Waals surface area contributed by atoms with Gasteiger partial charge in [0.15, 0.2) is 0 Å². The summed E-state index contributed by atoms with van der Waals surface area (Å²) in [5.41, 5.74) is 2.16. The molecule has 1 N–H and O–H groups in total. The molecule has 0 aromatic heterocycles. The molecule has 7 atom stereocenters. The highest BCUT2D eigenvalue weighted by Crippen LogP contribution is 2.66. The molecule has 0 aromatic rings. The standard InChI is InChI=1S/C25H40O3/c1-17(26)5-4-6-18-8-10-22-21-9-7-19-15-20(27)11-14-25(19,16-28-3)23(21)12-13-24(18,22)2/h7,18,20-23,27H,4-6,8-16H2,1-3H3. The lowest BCUT2D eigenvalue weighted by atomic mass is 9.47. The highest BCUT2D eigenvalue weighted by atomic mass is 16.5. The number of allylic oxidation sites excluding steroid dienone is 1. The predicted molar refractivity (Wildman–Crippen MR) is 112 cm³/mol. The number of aliphatic hydroxyl groups excluding tert-OH is 1.